The lowest BCUT2D eigenvalue weighted by Gasteiger charge is -2.33. The Hall–Kier alpha value is -0.330. The van der Waals surface area contributed by atoms with Crippen molar-refractivity contribution in [2.45, 2.75) is 32.5 Å². The Morgan fingerprint density at radius 2 is 2.35 bits per heavy atom. The Bertz CT molecular complexity index is 442. The number of nitrogens with one attached hydrogen (secondary N) is 1. The van der Waals surface area contributed by atoms with Gasteiger partial charge in [0.2, 0.25) is 5.91 Å². The van der Waals surface area contributed by atoms with E-state index in [0.717, 1.165) is 15.8 Å². The smallest absolute Gasteiger partial charge is 0.242 e. The predicted molar refractivity (Wildman–Crippen MR) is 84.9 cm³/mol. The summed E-state index contributed by atoms with van der Waals surface area (Å²) >= 11 is 7.44. The molecule has 0 spiro atoms. The zero-order valence-corrected chi connectivity index (χ0v) is 14.0. The summed E-state index contributed by atoms with van der Waals surface area (Å²) in [5.74, 6) is 0.0965. The monoisotopic (exact) mass is 338 g/mol. The summed E-state index contributed by atoms with van der Waals surface area (Å²) in [4.78, 5) is 15.4. The van der Waals surface area contributed by atoms with E-state index in [2.05, 4.69) is 5.32 Å². The SMILES string of the molecule is CCN(Cc1ccc(Cl)s1)C(=O)[C@H]1NCCO[C@@H]1C.Cl. The maximum absolute atomic E-state index is 12.5. The van der Waals surface area contributed by atoms with Crippen LogP contribution in [0.25, 0.3) is 0 Å². The second kappa shape index (κ2) is 8.20. The van der Waals surface area contributed by atoms with Crippen LogP contribution < -0.4 is 5.32 Å². The number of rotatable bonds is 4. The fourth-order valence-corrected chi connectivity index (χ4v) is 3.28. The molecule has 0 unspecified atom stereocenters. The van der Waals surface area contributed by atoms with Crippen molar-refractivity contribution < 1.29 is 9.53 Å². The first-order chi connectivity index (χ1) is 9.11. The normalized spacial score (nSPS) is 22.1. The number of hydrogen-bond acceptors (Lipinski definition) is 4. The molecule has 4 nitrogen and oxygen atoms in total. The van der Waals surface area contributed by atoms with Gasteiger partial charge in [0.25, 0.3) is 0 Å². The number of morpholine rings is 1. The maximum atomic E-state index is 12.5. The second-order valence-corrected chi connectivity index (χ2v) is 6.37. The van der Waals surface area contributed by atoms with Gasteiger partial charge in [-0.3, -0.25) is 4.79 Å². The van der Waals surface area contributed by atoms with Crippen molar-refractivity contribution in [1.82, 2.24) is 10.2 Å². The highest BCUT2D eigenvalue weighted by Gasteiger charge is 2.31. The Morgan fingerprint density at radius 1 is 1.60 bits per heavy atom. The van der Waals surface area contributed by atoms with Crippen LogP contribution >= 0.6 is 35.3 Å². The number of thiophene rings is 1. The minimum atomic E-state index is -0.246. The Morgan fingerprint density at radius 3 is 2.90 bits per heavy atom. The van der Waals surface area contributed by atoms with Crippen molar-refractivity contribution in [2.75, 3.05) is 19.7 Å². The summed E-state index contributed by atoms with van der Waals surface area (Å²) < 4.78 is 6.29. The molecule has 0 bridgehead atoms. The van der Waals surface area contributed by atoms with Crippen molar-refractivity contribution >= 4 is 41.3 Å². The first kappa shape index (κ1) is 17.7. The zero-order chi connectivity index (χ0) is 13.8. The molecule has 0 saturated carbocycles. The van der Waals surface area contributed by atoms with E-state index < -0.39 is 0 Å². The highest BCUT2D eigenvalue weighted by atomic mass is 35.5. The number of amides is 1. The van der Waals surface area contributed by atoms with Gasteiger partial charge in [0.1, 0.15) is 6.04 Å². The van der Waals surface area contributed by atoms with E-state index in [1.807, 2.05) is 30.9 Å². The van der Waals surface area contributed by atoms with Crippen LogP contribution in [0.5, 0.6) is 0 Å². The first-order valence-electron chi connectivity index (χ1n) is 6.49. The number of likely N-dealkylation sites (N-methyl/N-ethyl adjacent to an activating group) is 1. The summed E-state index contributed by atoms with van der Waals surface area (Å²) in [5.41, 5.74) is 0. The van der Waals surface area contributed by atoms with Crippen LogP contribution in [-0.2, 0) is 16.1 Å². The maximum Gasteiger partial charge on any atom is 0.242 e. The fourth-order valence-electron chi connectivity index (χ4n) is 2.18. The van der Waals surface area contributed by atoms with Crippen LogP contribution in [0.15, 0.2) is 12.1 Å². The molecule has 114 valence electrons. The average molecular weight is 339 g/mol. The largest absolute Gasteiger partial charge is 0.375 e. The molecule has 1 aromatic heterocycles. The standard InChI is InChI=1S/C13H19ClN2O2S.ClH/c1-3-16(8-10-4-5-11(14)19-10)13(17)12-9(2)18-7-6-15-12;/h4-5,9,12,15H,3,6-8H2,1-2H3;1H/t9-,12+;/m1./s1. The van der Waals surface area contributed by atoms with E-state index in [-0.39, 0.29) is 30.5 Å². The topological polar surface area (TPSA) is 41.6 Å². The first-order valence-corrected chi connectivity index (χ1v) is 7.69. The molecular weight excluding hydrogens is 319 g/mol. The molecule has 1 aliphatic heterocycles. The van der Waals surface area contributed by atoms with Gasteiger partial charge in [0, 0.05) is 18.0 Å². The van der Waals surface area contributed by atoms with Gasteiger partial charge < -0.3 is 15.0 Å². The Labute approximate surface area is 134 Å². The molecule has 1 fully saturated rings. The molecule has 0 aromatic carbocycles. The van der Waals surface area contributed by atoms with Gasteiger partial charge >= 0.3 is 0 Å². The van der Waals surface area contributed by atoms with Crippen molar-refractivity contribution in [2.24, 2.45) is 0 Å². The molecule has 7 heteroatoms. The lowest BCUT2D eigenvalue weighted by Crippen LogP contribution is -2.56. The third-order valence-corrected chi connectivity index (χ3v) is 4.47. The van der Waals surface area contributed by atoms with E-state index in [9.17, 15) is 4.79 Å². The van der Waals surface area contributed by atoms with Gasteiger partial charge in [-0.2, -0.15) is 0 Å². The number of halogens is 2. The van der Waals surface area contributed by atoms with Crippen molar-refractivity contribution in [3.8, 4) is 0 Å². The molecule has 2 atom stereocenters. The second-order valence-electron chi connectivity index (χ2n) is 4.57. The van der Waals surface area contributed by atoms with E-state index in [1.54, 1.807) is 0 Å². The molecule has 0 radical (unpaired) electrons. The van der Waals surface area contributed by atoms with Crippen LogP contribution in [0.2, 0.25) is 4.34 Å². The molecule has 20 heavy (non-hydrogen) atoms. The Kier molecular flexibility index (Phi) is 7.26. The molecule has 0 aliphatic carbocycles. The third kappa shape index (κ3) is 4.33. The van der Waals surface area contributed by atoms with Gasteiger partial charge in [0.05, 0.1) is 23.6 Å². The summed E-state index contributed by atoms with van der Waals surface area (Å²) in [5, 5.41) is 3.24. The highest BCUT2D eigenvalue weighted by Crippen LogP contribution is 2.23. The van der Waals surface area contributed by atoms with Crippen LogP contribution in [0.1, 0.15) is 18.7 Å². The minimum absolute atomic E-state index is 0. The van der Waals surface area contributed by atoms with Gasteiger partial charge in [-0.1, -0.05) is 11.6 Å². The zero-order valence-electron chi connectivity index (χ0n) is 11.6. The van der Waals surface area contributed by atoms with Crippen LogP contribution in [0.4, 0.5) is 0 Å². The molecule has 1 aliphatic rings. The molecule has 1 amide bonds. The van der Waals surface area contributed by atoms with E-state index in [1.165, 1.54) is 11.3 Å². The van der Waals surface area contributed by atoms with E-state index in [4.69, 9.17) is 16.3 Å². The van der Waals surface area contributed by atoms with Crippen LogP contribution in [-0.4, -0.2) is 42.6 Å². The number of hydrogen-bond donors (Lipinski definition) is 1. The quantitative estimate of drug-likeness (QED) is 0.917. The predicted octanol–water partition coefficient (Wildman–Crippen LogP) is 2.55. The molecule has 2 rings (SSSR count). The number of carbonyl (C=O) groups is 1. The molecule has 2 heterocycles. The van der Waals surface area contributed by atoms with Crippen LogP contribution in [0, 0.1) is 0 Å². The minimum Gasteiger partial charge on any atom is -0.375 e. The summed E-state index contributed by atoms with van der Waals surface area (Å²) in [6.07, 6.45) is -0.0813. The lowest BCUT2D eigenvalue weighted by atomic mass is 10.1. The van der Waals surface area contributed by atoms with Gasteiger partial charge in [-0.15, -0.1) is 23.7 Å². The fraction of sp³-hybridized carbons (Fsp3) is 0.615. The third-order valence-electron chi connectivity index (χ3n) is 3.25. The van der Waals surface area contributed by atoms with E-state index in [0.29, 0.717) is 19.7 Å². The molecular formula is C13H20Cl2N2O2S. The number of ether oxygens (including phenoxy) is 1. The van der Waals surface area contributed by atoms with Crippen molar-refractivity contribution in [3.63, 3.8) is 0 Å². The van der Waals surface area contributed by atoms with Crippen LogP contribution in [0.3, 0.4) is 0 Å². The molecule has 1 aromatic rings. The summed E-state index contributed by atoms with van der Waals surface area (Å²) in [6.45, 7) is 6.60. The average Bonchev–Trinajstić information content (AvgIpc) is 2.81. The van der Waals surface area contributed by atoms with Crippen molar-refractivity contribution in [1.29, 1.82) is 0 Å². The van der Waals surface area contributed by atoms with Crippen molar-refractivity contribution in [3.05, 3.63) is 21.3 Å². The summed E-state index contributed by atoms with van der Waals surface area (Å²) in [6, 6.07) is 3.59. The number of nitrogens with zero attached hydrogens (tertiary/aromatic N) is 1. The lowest BCUT2D eigenvalue weighted by molar-refractivity contribution is -0.139. The highest BCUT2D eigenvalue weighted by molar-refractivity contribution is 7.16. The molecule has 1 N–H and O–H groups in total. The van der Waals surface area contributed by atoms with E-state index >= 15 is 0 Å². The number of carbonyl (C=O) groups excluding carboxylic acids is 1. The Balaban J connectivity index is 0.00000200. The van der Waals surface area contributed by atoms with Gasteiger partial charge in [-0.05, 0) is 26.0 Å². The molecule has 1 saturated heterocycles. The van der Waals surface area contributed by atoms with Gasteiger partial charge in [-0.25, -0.2) is 0 Å². The van der Waals surface area contributed by atoms with Gasteiger partial charge in [0.15, 0.2) is 0 Å². The summed E-state index contributed by atoms with van der Waals surface area (Å²) in [7, 11) is 0.